The molecule has 0 unspecified atom stereocenters. The predicted octanol–water partition coefficient (Wildman–Crippen LogP) is 1.65. The monoisotopic (exact) mass is 307 g/mol. The van der Waals surface area contributed by atoms with Gasteiger partial charge in [0.25, 0.3) is 0 Å². The highest BCUT2D eigenvalue weighted by Gasteiger charge is 2.22. The molecule has 1 atom stereocenters. The van der Waals surface area contributed by atoms with Crippen LogP contribution in [0, 0.1) is 6.92 Å². The van der Waals surface area contributed by atoms with Crippen LogP contribution < -0.4 is 5.46 Å². The van der Waals surface area contributed by atoms with Crippen molar-refractivity contribution in [2.45, 2.75) is 46.1 Å². The van der Waals surface area contributed by atoms with E-state index in [0.29, 0.717) is 12.0 Å². The minimum absolute atomic E-state index is 0.113. The van der Waals surface area contributed by atoms with Crippen LogP contribution in [0.4, 0.5) is 4.79 Å². The van der Waals surface area contributed by atoms with Gasteiger partial charge in [-0.25, -0.2) is 4.79 Å². The van der Waals surface area contributed by atoms with Crippen LogP contribution in [0.5, 0.6) is 0 Å². The normalized spacial score (nSPS) is 12.7. The predicted molar refractivity (Wildman–Crippen MR) is 88.3 cm³/mol. The number of ether oxygens (including phenoxy) is 1. The van der Waals surface area contributed by atoms with Gasteiger partial charge in [-0.1, -0.05) is 25.1 Å². The molecule has 0 fully saturated rings. The minimum atomic E-state index is -1.47. The summed E-state index contributed by atoms with van der Waals surface area (Å²) in [4.78, 5) is 13.6. The van der Waals surface area contributed by atoms with Crippen LogP contribution in [0.15, 0.2) is 18.2 Å². The molecule has 0 saturated heterocycles. The zero-order valence-electron chi connectivity index (χ0n) is 14.3. The summed E-state index contributed by atoms with van der Waals surface area (Å²) in [5, 5.41) is 18.4. The summed E-state index contributed by atoms with van der Waals surface area (Å²) in [6.07, 6.45) is -0.348. The molecule has 1 rings (SSSR count). The number of carbonyl (C=O) groups is 1. The van der Waals surface area contributed by atoms with Crippen molar-refractivity contribution < 1.29 is 19.6 Å². The number of hydrogen-bond acceptors (Lipinski definition) is 4. The van der Waals surface area contributed by atoms with E-state index >= 15 is 0 Å². The van der Waals surface area contributed by atoms with E-state index in [1.165, 1.54) is 0 Å². The van der Waals surface area contributed by atoms with E-state index in [1.54, 1.807) is 24.1 Å². The van der Waals surface area contributed by atoms with Gasteiger partial charge < -0.3 is 19.7 Å². The Labute approximate surface area is 133 Å². The molecule has 0 heterocycles. The zero-order valence-corrected chi connectivity index (χ0v) is 14.3. The van der Waals surface area contributed by atoms with Gasteiger partial charge in [0.1, 0.15) is 5.60 Å². The number of nitrogens with zero attached hydrogens (tertiary/aromatic N) is 1. The first-order chi connectivity index (χ1) is 10.0. The topological polar surface area (TPSA) is 70.0 Å². The Morgan fingerprint density at radius 2 is 1.95 bits per heavy atom. The van der Waals surface area contributed by atoms with Gasteiger partial charge in [-0.05, 0) is 50.2 Å². The summed E-state index contributed by atoms with van der Waals surface area (Å²) < 4.78 is 5.34. The molecule has 2 N–H and O–H groups in total. The smallest absolute Gasteiger partial charge is 0.444 e. The summed E-state index contributed by atoms with van der Waals surface area (Å²) in [7, 11) is 0.249. The standard InChI is InChI=1S/C16H26BNO4/c1-11-9-13(17(20)21)7-8-14(11)12(2)10-18(6)15(19)22-16(3,4)5/h7-9,12,20-21H,10H2,1-6H3/t12-/m0/s1. The van der Waals surface area contributed by atoms with E-state index in [9.17, 15) is 14.8 Å². The lowest BCUT2D eigenvalue weighted by Crippen LogP contribution is -2.36. The van der Waals surface area contributed by atoms with Gasteiger partial charge in [-0.2, -0.15) is 0 Å². The maximum absolute atomic E-state index is 12.0. The van der Waals surface area contributed by atoms with Crippen LogP contribution in [-0.2, 0) is 4.74 Å². The third-order valence-corrected chi connectivity index (χ3v) is 3.38. The van der Waals surface area contributed by atoms with Crippen LogP contribution >= 0.6 is 0 Å². The molecule has 1 amide bonds. The lowest BCUT2D eigenvalue weighted by atomic mass is 9.78. The first-order valence-corrected chi connectivity index (χ1v) is 7.42. The van der Waals surface area contributed by atoms with E-state index in [0.717, 1.165) is 11.1 Å². The first kappa shape index (κ1) is 18.5. The van der Waals surface area contributed by atoms with Crippen LogP contribution in [0.1, 0.15) is 44.7 Å². The highest BCUT2D eigenvalue weighted by molar-refractivity contribution is 6.58. The third-order valence-electron chi connectivity index (χ3n) is 3.38. The number of carbonyl (C=O) groups excluding carboxylic acids is 1. The van der Waals surface area contributed by atoms with Crippen molar-refractivity contribution in [1.82, 2.24) is 4.90 Å². The Morgan fingerprint density at radius 3 is 2.41 bits per heavy atom. The average Bonchev–Trinajstić information content (AvgIpc) is 2.35. The summed E-state index contributed by atoms with van der Waals surface area (Å²) in [5.74, 6) is 0.113. The van der Waals surface area contributed by atoms with Gasteiger partial charge in [0.15, 0.2) is 0 Å². The molecule has 0 spiro atoms. The van der Waals surface area contributed by atoms with Gasteiger partial charge in [0.2, 0.25) is 0 Å². The molecule has 0 saturated carbocycles. The van der Waals surface area contributed by atoms with E-state index in [2.05, 4.69) is 0 Å². The summed E-state index contributed by atoms with van der Waals surface area (Å²) in [6.45, 7) is 9.99. The molecule has 1 aromatic carbocycles. The highest BCUT2D eigenvalue weighted by atomic mass is 16.6. The summed E-state index contributed by atoms with van der Waals surface area (Å²) in [6, 6.07) is 5.32. The Bertz CT molecular complexity index is 525. The fourth-order valence-corrected chi connectivity index (χ4v) is 2.34. The average molecular weight is 307 g/mol. The quantitative estimate of drug-likeness (QED) is 0.830. The van der Waals surface area contributed by atoms with Crippen molar-refractivity contribution in [2.75, 3.05) is 13.6 Å². The van der Waals surface area contributed by atoms with Crippen molar-refractivity contribution in [2.24, 2.45) is 0 Å². The van der Waals surface area contributed by atoms with Gasteiger partial charge in [0, 0.05) is 13.6 Å². The number of rotatable bonds is 4. The van der Waals surface area contributed by atoms with Crippen LogP contribution in [-0.4, -0.2) is 47.4 Å². The molecule has 6 heteroatoms. The van der Waals surface area contributed by atoms with Crippen molar-refractivity contribution >= 4 is 18.7 Å². The zero-order chi connectivity index (χ0) is 17.1. The Kier molecular flexibility index (Phi) is 6.03. The molecule has 0 radical (unpaired) electrons. The Hall–Kier alpha value is -1.53. The molecule has 22 heavy (non-hydrogen) atoms. The van der Waals surface area contributed by atoms with Crippen molar-refractivity contribution in [3.63, 3.8) is 0 Å². The number of amides is 1. The van der Waals surface area contributed by atoms with Gasteiger partial charge >= 0.3 is 13.2 Å². The van der Waals surface area contributed by atoms with Crippen molar-refractivity contribution in [1.29, 1.82) is 0 Å². The Morgan fingerprint density at radius 1 is 1.36 bits per heavy atom. The van der Waals surface area contributed by atoms with Crippen LogP contribution in [0.3, 0.4) is 0 Å². The lowest BCUT2D eigenvalue weighted by Gasteiger charge is -2.27. The van der Waals surface area contributed by atoms with Gasteiger partial charge in [0.05, 0.1) is 0 Å². The minimum Gasteiger partial charge on any atom is -0.444 e. The molecule has 5 nitrogen and oxygen atoms in total. The maximum atomic E-state index is 12.0. The molecule has 0 aliphatic carbocycles. The molecule has 1 aromatic rings. The molecular weight excluding hydrogens is 281 g/mol. The first-order valence-electron chi connectivity index (χ1n) is 7.42. The van der Waals surface area contributed by atoms with Gasteiger partial charge in [-0.15, -0.1) is 0 Å². The van der Waals surface area contributed by atoms with E-state index in [1.807, 2.05) is 40.7 Å². The largest absolute Gasteiger partial charge is 0.488 e. The number of benzene rings is 1. The third kappa shape index (κ3) is 5.35. The van der Waals surface area contributed by atoms with Crippen molar-refractivity contribution in [3.8, 4) is 0 Å². The fourth-order valence-electron chi connectivity index (χ4n) is 2.34. The van der Waals surface area contributed by atoms with E-state index in [4.69, 9.17) is 4.74 Å². The van der Waals surface area contributed by atoms with E-state index < -0.39 is 12.7 Å². The molecule has 0 aromatic heterocycles. The molecule has 0 aliphatic rings. The second kappa shape index (κ2) is 7.16. The Balaban J connectivity index is 2.76. The van der Waals surface area contributed by atoms with Gasteiger partial charge in [-0.3, -0.25) is 0 Å². The maximum Gasteiger partial charge on any atom is 0.488 e. The SMILES string of the molecule is Cc1cc(B(O)O)ccc1[C@@H](C)CN(C)C(=O)OC(C)(C)C. The summed E-state index contributed by atoms with van der Waals surface area (Å²) in [5.41, 5.74) is 1.99. The van der Waals surface area contributed by atoms with Crippen LogP contribution in [0.25, 0.3) is 0 Å². The molecule has 122 valence electrons. The summed E-state index contributed by atoms with van der Waals surface area (Å²) >= 11 is 0. The molecular formula is C16H26BNO4. The van der Waals surface area contributed by atoms with Crippen LogP contribution in [0.2, 0.25) is 0 Å². The lowest BCUT2D eigenvalue weighted by molar-refractivity contribution is 0.0291. The number of aryl methyl sites for hydroxylation is 1. The van der Waals surface area contributed by atoms with Crippen molar-refractivity contribution in [3.05, 3.63) is 29.3 Å². The fraction of sp³-hybridized carbons (Fsp3) is 0.562. The second-order valence-electron chi connectivity index (χ2n) is 6.75. The molecule has 0 bridgehead atoms. The number of hydrogen-bond donors (Lipinski definition) is 2. The van der Waals surface area contributed by atoms with E-state index in [-0.39, 0.29) is 12.0 Å². The second-order valence-corrected chi connectivity index (χ2v) is 6.75. The molecule has 0 aliphatic heterocycles. The highest BCUT2D eigenvalue weighted by Crippen LogP contribution is 2.20. The number of likely N-dealkylation sites (N-methyl/N-ethyl adjacent to an activating group) is 1.